The Morgan fingerprint density at radius 2 is 1.93 bits per heavy atom. The predicted molar refractivity (Wildman–Crippen MR) is 52.3 cm³/mol. The lowest BCUT2D eigenvalue weighted by Gasteiger charge is -2.16. The van der Waals surface area contributed by atoms with Crippen LogP contribution in [-0.2, 0) is 23.5 Å². The van der Waals surface area contributed by atoms with E-state index in [0.717, 1.165) is 6.04 Å². The molecule has 0 aliphatic rings. The van der Waals surface area contributed by atoms with Crippen molar-refractivity contribution in [2.45, 2.75) is 33.1 Å². The third-order valence-corrected chi connectivity index (χ3v) is 2.24. The zero-order valence-corrected chi connectivity index (χ0v) is 10.2. The highest BCUT2D eigenvalue weighted by Gasteiger charge is 2.13. The van der Waals surface area contributed by atoms with Crippen molar-refractivity contribution < 1.29 is 23.5 Å². The van der Waals surface area contributed by atoms with E-state index < -0.39 is 28.0 Å². The van der Waals surface area contributed by atoms with Gasteiger partial charge >= 0.3 is 11.9 Å². The highest BCUT2D eigenvalue weighted by molar-refractivity contribution is 6.26. The minimum Gasteiger partial charge on any atom is -0.459 e. The van der Waals surface area contributed by atoms with Gasteiger partial charge in [0.1, 0.15) is 0 Å². The van der Waals surface area contributed by atoms with Gasteiger partial charge < -0.3 is 13.9 Å². The summed E-state index contributed by atoms with van der Waals surface area (Å²) in [5.41, 5.74) is 0. The summed E-state index contributed by atoms with van der Waals surface area (Å²) in [4.78, 5) is 21.1. The van der Waals surface area contributed by atoms with Crippen LogP contribution in [0.4, 0.5) is 0 Å². The van der Waals surface area contributed by atoms with Gasteiger partial charge in [-0.05, 0) is 6.04 Å². The van der Waals surface area contributed by atoms with Crippen LogP contribution in [-0.4, -0.2) is 34.6 Å². The third kappa shape index (κ3) is 7.75. The molecule has 0 aliphatic heterocycles. The van der Waals surface area contributed by atoms with E-state index in [0.29, 0.717) is 0 Å². The number of ether oxygens (including phenoxy) is 2. The van der Waals surface area contributed by atoms with Crippen molar-refractivity contribution in [3.8, 4) is 0 Å². The summed E-state index contributed by atoms with van der Waals surface area (Å²) >= 11 is 0. The Kier molecular flexibility index (Phi) is 7.04. The number of hydrogen-bond acceptors (Lipinski definition) is 5. The largest absolute Gasteiger partial charge is 0.459 e. The van der Waals surface area contributed by atoms with Gasteiger partial charge in [0.25, 0.3) is 0 Å². The van der Waals surface area contributed by atoms with Crippen LogP contribution in [0, 0.1) is 0 Å². The minimum atomic E-state index is -0.733. The molecule has 5 nitrogen and oxygen atoms in total. The average molecular weight is 220 g/mol. The van der Waals surface area contributed by atoms with Crippen LogP contribution in [0.5, 0.6) is 0 Å². The fourth-order valence-corrected chi connectivity index (χ4v) is 1.40. The molecule has 0 aliphatic carbocycles. The van der Waals surface area contributed by atoms with Gasteiger partial charge in [0, 0.05) is 13.8 Å². The molecular formula is C8H16O5Si. The van der Waals surface area contributed by atoms with Crippen molar-refractivity contribution in [1.82, 2.24) is 0 Å². The summed E-state index contributed by atoms with van der Waals surface area (Å²) < 4.78 is 14.8. The van der Waals surface area contributed by atoms with E-state index in [-0.39, 0.29) is 6.61 Å². The van der Waals surface area contributed by atoms with Crippen LogP contribution in [0.25, 0.3) is 0 Å². The molecule has 0 bridgehead atoms. The fourth-order valence-electron chi connectivity index (χ4n) is 0.736. The van der Waals surface area contributed by atoms with Gasteiger partial charge in [0.15, 0.2) is 16.4 Å². The molecule has 14 heavy (non-hydrogen) atoms. The van der Waals surface area contributed by atoms with Crippen molar-refractivity contribution in [2.75, 3.05) is 6.61 Å². The molecule has 0 N–H and O–H groups in total. The Bertz CT molecular complexity index is 194. The molecule has 0 spiro atoms. The lowest BCUT2D eigenvalue weighted by atomic mass is 10.6. The lowest BCUT2D eigenvalue weighted by molar-refractivity contribution is -0.174. The van der Waals surface area contributed by atoms with Crippen LogP contribution in [0.15, 0.2) is 0 Å². The maximum atomic E-state index is 10.6. The van der Waals surface area contributed by atoms with E-state index in [1.165, 1.54) is 13.8 Å². The number of rotatable bonds is 6. The molecule has 1 atom stereocenters. The second-order valence-corrected chi connectivity index (χ2v) is 4.45. The van der Waals surface area contributed by atoms with Crippen LogP contribution in [0.2, 0.25) is 6.04 Å². The first kappa shape index (κ1) is 13.1. The Balaban J connectivity index is 3.83. The molecule has 82 valence electrons. The summed E-state index contributed by atoms with van der Waals surface area (Å²) in [6.45, 7) is 4.55. The number of esters is 2. The highest BCUT2D eigenvalue weighted by atomic mass is 28.2. The minimum absolute atomic E-state index is 0.0259. The van der Waals surface area contributed by atoms with Gasteiger partial charge in [0.2, 0.25) is 6.29 Å². The molecule has 0 rings (SSSR count). The van der Waals surface area contributed by atoms with Crippen molar-refractivity contribution >= 4 is 21.7 Å². The van der Waals surface area contributed by atoms with Crippen LogP contribution >= 0.6 is 0 Å². The summed E-state index contributed by atoms with van der Waals surface area (Å²) in [5, 5.41) is 0. The predicted octanol–water partition coefficient (Wildman–Crippen LogP) is -0.0227. The highest BCUT2D eigenvalue weighted by Crippen LogP contribution is 1.97. The van der Waals surface area contributed by atoms with Gasteiger partial charge in [-0.15, -0.1) is 0 Å². The lowest BCUT2D eigenvalue weighted by Crippen LogP contribution is -2.27. The van der Waals surface area contributed by atoms with E-state index in [1.54, 1.807) is 0 Å². The maximum absolute atomic E-state index is 10.6. The smallest absolute Gasteiger partial charge is 0.305 e. The Morgan fingerprint density at radius 1 is 1.29 bits per heavy atom. The molecule has 1 unspecified atom stereocenters. The second-order valence-electron chi connectivity index (χ2n) is 2.71. The molecular weight excluding hydrogens is 204 g/mol. The summed E-state index contributed by atoms with van der Waals surface area (Å²) in [5.74, 6) is -0.851. The van der Waals surface area contributed by atoms with Gasteiger partial charge in [-0.3, -0.25) is 9.59 Å². The van der Waals surface area contributed by atoms with Gasteiger partial charge in [-0.25, -0.2) is 0 Å². The monoisotopic (exact) mass is 220 g/mol. The molecule has 0 aromatic heterocycles. The molecule has 0 amide bonds. The van der Waals surface area contributed by atoms with Gasteiger partial charge in [0.05, 0.1) is 0 Å². The number of carbonyl (C=O) groups is 2. The second kappa shape index (κ2) is 7.51. The van der Waals surface area contributed by atoms with Crippen molar-refractivity contribution in [3.05, 3.63) is 0 Å². The third-order valence-electron chi connectivity index (χ3n) is 1.23. The van der Waals surface area contributed by atoms with Gasteiger partial charge in [-0.1, -0.05) is 6.92 Å². The molecule has 0 aromatic carbocycles. The normalized spacial score (nSPS) is 12.8. The molecule has 0 fully saturated rings. The quantitative estimate of drug-likeness (QED) is 0.357. The molecule has 0 aromatic rings. The topological polar surface area (TPSA) is 61.8 Å². The van der Waals surface area contributed by atoms with E-state index >= 15 is 0 Å². The van der Waals surface area contributed by atoms with Crippen LogP contribution < -0.4 is 0 Å². The first-order chi connectivity index (χ1) is 6.56. The Morgan fingerprint density at radius 3 is 2.36 bits per heavy atom. The summed E-state index contributed by atoms with van der Waals surface area (Å²) in [6.07, 6.45) is -0.733. The molecule has 0 radical (unpaired) electrons. The molecule has 0 heterocycles. The molecule has 0 saturated carbocycles. The SMILES string of the molecule is CC[SiH2]OC(COC(C)=O)OC(C)=O. The van der Waals surface area contributed by atoms with E-state index in [4.69, 9.17) is 9.16 Å². The summed E-state index contributed by atoms with van der Waals surface area (Å²) in [7, 11) is -0.682. The maximum Gasteiger partial charge on any atom is 0.305 e. The standard InChI is InChI=1S/C8H16O5Si/c1-4-14-13-8(12-7(3)10)5-11-6(2)9/h8H,4-5,14H2,1-3H3. The molecule has 0 saturated heterocycles. The first-order valence-corrected chi connectivity index (χ1v) is 6.06. The van der Waals surface area contributed by atoms with Crippen molar-refractivity contribution in [1.29, 1.82) is 0 Å². The van der Waals surface area contributed by atoms with Crippen LogP contribution in [0.1, 0.15) is 20.8 Å². The number of hydrogen-bond donors (Lipinski definition) is 0. The van der Waals surface area contributed by atoms with E-state index in [9.17, 15) is 9.59 Å². The zero-order valence-electron chi connectivity index (χ0n) is 8.74. The van der Waals surface area contributed by atoms with Crippen LogP contribution in [0.3, 0.4) is 0 Å². The van der Waals surface area contributed by atoms with E-state index in [2.05, 4.69) is 4.74 Å². The Hall–Kier alpha value is -0.883. The Labute approximate surface area is 85.7 Å². The van der Waals surface area contributed by atoms with Gasteiger partial charge in [-0.2, -0.15) is 0 Å². The summed E-state index contributed by atoms with van der Waals surface area (Å²) in [6, 6.07) is 0.942. The fraction of sp³-hybridized carbons (Fsp3) is 0.750. The van der Waals surface area contributed by atoms with Crippen molar-refractivity contribution in [3.63, 3.8) is 0 Å². The van der Waals surface area contributed by atoms with Crippen molar-refractivity contribution in [2.24, 2.45) is 0 Å². The zero-order chi connectivity index (χ0) is 11.0. The average Bonchev–Trinajstić information content (AvgIpc) is 2.09. The van der Waals surface area contributed by atoms with E-state index in [1.807, 2.05) is 6.92 Å². The number of carbonyl (C=O) groups excluding carboxylic acids is 2. The molecule has 6 heteroatoms. The first-order valence-electron chi connectivity index (χ1n) is 4.48.